The summed E-state index contributed by atoms with van der Waals surface area (Å²) in [4.78, 5) is 15.1. The molecule has 3 atom stereocenters. The van der Waals surface area contributed by atoms with Crippen molar-refractivity contribution in [3.8, 4) is 0 Å². The molecule has 1 saturated heterocycles. The number of unbranched alkanes of at least 4 members (excludes halogenated alkanes) is 1. The Labute approximate surface area is 193 Å². The fourth-order valence-corrected chi connectivity index (χ4v) is 4.87. The van der Waals surface area contributed by atoms with Crippen molar-refractivity contribution in [3.05, 3.63) is 71.8 Å². The van der Waals surface area contributed by atoms with Gasteiger partial charge in [0.1, 0.15) is 0 Å². The van der Waals surface area contributed by atoms with E-state index in [1.165, 1.54) is 11.1 Å². The van der Waals surface area contributed by atoms with Crippen LogP contribution in [-0.2, 0) is 11.2 Å². The van der Waals surface area contributed by atoms with E-state index in [1.54, 1.807) is 7.11 Å². The van der Waals surface area contributed by atoms with Crippen molar-refractivity contribution in [3.63, 3.8) is 0 Å². The minimum atomic E-state index is -0.0516. The van der Waals surface area contributed by atoms with E-state index in [-0.39, 0.29) is 12.1 Å². The summed E-state index contributed by atoms with van der Waals surface area (Å²) in [5, 5.41) is 3.19. The van der Waals surface area contributed by atoms with Crippen molar-refractivity contribution in [2.75, 3.05) is 33.4 Å². The third-order valence-corrected chi connectivity index (χ3v) is 6.59. The first-order valence-electron chi connectivity index (χ1n) is 12.0. The zero-order valence-corrected chi connectivity index (χ0v) is 19.4. The van der Waals surface area contributed by atoms with Crippen LogP contribution in [0.2, 0.25) is 0 Å². The molecule has 2 amide bonds. The second-order valence-corrected chi connectivity index (χ2v) is 8.93. The molecule has 2 aromatic carbocycles. The lowest BCUT2D eigenvalue weighted by atomic mass is 9.78. The minimum absolute atomic E-state index is 0.0206. The zero-order valence-electron chi connectivity index (χ0n) is 19.4. The molecule has 1 aliphatic heterocycles. The Hall–Kier alpha value is -2.37. The molecule has 0 spiro atoms. The van der Waals surface area contributed by atoms with Crippen LogP contribution in [0.5, 0.6) is 0 Å². The monoisotopic (exact) mass is 437 g/mol. The molecule has 0 saturated carbocycles. The van der Waals surface area contributed by atoms with E-state index in [0.717, 1.165) is 58.2 Å². The number of urea groups is 1. The lowest BCUT2D eigenvalue weighted by Crippen LogP contribution is -2.51. The lowest BCUT2D eigenvalue weighted by Gasteiger charge is -2.38. The quantitative estimate of drug-likeness (QED) is 0.506. The molecule has 0 aliphatic carbocycles. The Bertz CT molecular complexity index is 784. The van der Waals surface area contributed by atoms with E-state index in [9.17, 15) is 4.79 Å². The van der Waals surface area contributed by atoms with Gasteiger partial charge in [-0.2, -0.15) is 0 Å². The molecule has 3 rings (SSSR count). The van der Waals surface area contributed by atoms with Crippen LogP contribution in [0.15, 0.2) is 60.7 Å². The van der Waals surface area contributed by atoms with Crippen molar-refractivity contribution in [1.82, 2.24) is 10.2 Å². The molecule has 1 aliphatic rings. The molecule has 5 heteroatoms. The number of rotatable bonds is 11. The number of nitrogens with one attached hydrogen (secondary N) is 1. The molecule has 174 valence electrons. The number of hydrogen-bond acceptors (Lipinski definition) is 3. The number of hydrogen-bond donors (Lipinski definition) is 2. The zero-order chi connectivity index (χ0) is 22.6. The molecule has 32 heavy (non-hydrogen) atoms. The number of piperidine rings is 1. The van der Waals surface area contributed by atoms with E-state index in [0.29, 0.717) is 18.4 Å². The third-order valence-electron chi connectivity index (χ3n) is 6.59. The molecular weight excluding hydrogens is 398 g/mol. The van der Waals surface area contributed by atoms with Gasteiger partial charge in [0, 0.05) is 39.4 Å². The van der Waals surface area contributed by atoms with Gasteiger partial charge in [-0.3, -0.25) is 0 Å². The van der Waals surface area contributed by atoms with Gasteiger partial charge in [0.25, 0.3) is 0 Å². The average molecular weight is 438 g/mol. The predicted octanol–water partition coefficient (Wildman–Crippen LogP) is 4.58. The summed E-state index contributed by atoms with van der Waals surface area (Å²) in [5.74, 6) is 0.947. The smallest absolute Gasteiger partial charge is 0.317 e. The van der Waals surface area contributed by atoms with E-state index in [1.807, 2.05) is 23.1 Å². The van der Waals surface area contributed by atoms with Gasteiger partial charge in [-0.15, -0.1) is 0 Å². The van der Waals surface area contributed by atoms with Crippen molar-refractivity contribution < 1.29 is 9.53 Å². The largest absolute Gasteiger partial charge is 0.385 e. The number of nitrogens with two attached hydrogens (primary N) is 1. The summed E-state index contributed by atoms with van der Waals surface area (Å²) in [6.45, 7) is 2.86. The molecule has 0 bridgehead atoms. The minimum Gasteiger partial charge on any atom is -0.385 e. The van der Waals surface area contributed by atoms with Gasteiger partial charge in [0.05, 0.1) is 0 Å². The number of nitrogens with zero attached hydrogens (tertiary/aromatic N) is 1. The standard InChI is InChI=1S/C27H39N3O2/c1-32-18-9-8-16-26(23-13-6-3-7-14-23)24-15-10-17-30(21-24)27(31)29-25(20-28)19-22-11-4-2-5-12-22/h2-7,11-14,24-26H,8-10,15-21,28H2,1H3,(H,29,31)/t24-,25+,26?/m1/s1. The summed E-state index contributed by atoms with van der Waals surface area (Å²) in [7, 11) is 1.76. The molecule has 3 N–H and O–H groups in total. The Morgan fingerprint density at radius 1 is 1.12 bits per heavy atom. The fourth-order valence-electron chi connectivity index (χ4n) is 4.87. The van der Waals surface area contributed by atoms with Gasteiger partial charge >= 0.3 is 6.03 Å². The lowest BCUT2D eigenvalue weighted by molar-refractivity contribution is 0.149. The topological polar surface area (TPSA) is 67.6 Å². The van der Waals surface area contributed by atoms with Crippen LogP contribution in [0.4, 0.5) is 4.79 Å². The number of carbonyl (C=O) groups excluding carboxylic acids is 1. The van der Waals surface area contributed by atoms with Crippen LogP contribution >= 0.6 is 0 Å². The first-order valence-corrected chi connectivity index (χ1v) is 12.0. The van der Waals surface area contributed by atoms with Gasteiger partial charge in [-0.1, -0.05) is 67.1 Å². The van der Waals surface area contributed by atoms with Gasteiger partial charge in [0.2, 0.25) is 0 Å². The normalized spacial score (nSPS) is 18.2. The Balaban J connectivity index is 1.61. The van der Waals surface area contributed by atoms with E-state index in [4.69, 9.17) is 10.5 Å². The number of carbonyl (C=O) groups is 1. The van der Waals surface area contributed by atoms with Crippen LogP contribution in [0.3, 0.4) is 0 Å². The summed E-state index contributed by atoms with van der Waals surface area (Å²) in [6.07, 6.45) is 6.32. The average Bonchev–Trinajstić information content (AvgIpc) is 2.85. The fraction of sp³-hybridized carbons (Fsp3) is 0.519. The van der Waals surface area contributed by atoms with E-state index >= 15 is 0 Å². The molecule has 5 nitrogen and oxygen atoms in total. The van der Waals surface area contributed by atoms with Gasteiger partial charge < -0.3 is 20.7 Å². The number of amides is 2. The highest BCUT2D eigenvalue weighted by Crippen LogP contribution is 2.35. The number of methoxy groups -OCH3 is 1. The van der Waals surface area contributed by atoms with Gasteiger partial charge in [0.15, 0.2) is 0 Å². The van der Waals surface area contributed by atoms with Crippen molar-refractivity contribution >= 4 is 6.03 Å². The highest BCUT2D eigenvalue weighted by atomic mass is 16.5. The van der Waals surface area contributed by atoms with Crippen molar-refractivity contribution in [1.29, 1.82) is 0 Å². The second kappa shape index (κ2) is 13.2. The van der Waals surface area contributed by atoms with Crippen LogP contribution < -0.4 is 11.1 Å². The maximum Gasteiger partial charge on any atom is 0.317 e. The molecule has 0 aromatic heterocycles. The predicted molar refractivity (Wildman–Crippen MR) is 131 cm³/mol. The first kappa shape index (κ1) is 24.3. The Kier molecular flexibility index (Phi) is 10.0. The number of ether oxygens (including phenoxy) is 1. The maximum atomic E-state index is 13.1. The number of benzene rings is 2. The van der Waals surface area contributed by atoms with Crippen molar-refractivity contribution in [2.24, 2.45) is 11.7 Å². The Morgan fingerprint density at radius 3 is 2.53 bits per heavy atom. The number of likely N-dealkylation sites (tertiary alicyclic amines) is 1. The molecule has 2 aromatic rings. The molecule has 1 heterocycles. The first-order chi connectivity index (χ1) is 15.7. The Morgan fingerprint density at radius 2 is 1.84 bits per heavy atom. The summed E-state index contributed by atoms with van der Waals surface area (Å²) in [6, 6.07) is 21.0. The van der Waals surface area contributed by atoms with Crippen molar-refractivity contribution in [2.45, 2.75) is 50.5 Å². The van der Waals surface area contributed by atoms with E-state index in [2.05, 4.69) is 47.8 Å². The van der Waals surface area contributed by atoms with Crippen LogP contribution in [0, 0.1) is 5.92 Å². The van der Waals surface area contributed by atoms with Crippen LogP contribution in [-0.4, -0.2) is 50.3 Å². The third kappa shape index (κ3) is 7.35. The van der Waals surface area contributed by atoms with Gasteiger partial charge in [-0.25, -0.2) is 4.79 Å². The second-order valence-electron chi connectivity index (χ2n) is 8.93. The van der Waals surface area contributed by atoms with Crippen LogP contribution in [0.1, 0.15) is 49.1 Å². The molecular formula is C27H39N3O2. The highest BCUT2D eigenvalue weighted by Gasteiger charge is 2.30. The van der Waals surface area contributed by atoms with Gasteiger partial charge in [-0.05, 0) is 55.1 Å². The summed E-state index contributed by atoms with van der Waals surface area (Å²) in [5.41, 5.74) is 8.57. The molecule has 1 fully saturated rings. The maximum absolute atomic E-state index is 13.1. The van der Waals surface area contributed by atoms with Crippen LogP contribution in [0.25, 0.3) is 0 Å². The summed E-state index contributed by atoms with van der Waals surface area (Å²) >= 11 is 0. The molecule has 0 radical (unpaired) electrons. The van der Waals surface area contributed by atoms with E-state index < -0.39 is 0 Å². The highest BCUT2D eigenvalue weighted by molar-refractivity contribution is 5.74. The SMILES string of the molecule is COCCCCC(c1ccccc1)[C@@H]1CCCN(C(=O)N[C@H](CN)Cc2ccccc2)C1. The summed E-state index contributed by atoms with van der Waals surface area (Å²) < 4.78 is 5.24. The molecule has 1 unspecified atom stereocenters.